The van der Waals surface area contributed by atoms with E-state index < -0.39 is 10.0 Å². The predicted molar refractivity (Wildman–Crippen MR) is 91.3 cm³/mol. The molecule has 1 heterocycles. The summed E-state index contributed by atoms with van der Waals surface area (Å²) in [6, 6.07) is 6.10. The van der Waals surface area contributed by atoms with Crippen LogP contribution in [-0.4, -0.2) is 43.6 Å². The third-order valence-electron chi connectivity index (χ3n) is 3.91. The molecule has 1 N–H and O–H groups in total. The van der Waals surface area contributed by atoms with E-state index in [4.69, 9.17) is 23.2 Å². The lowest BCUT2D eigenvalue weighted by molar-refractivity contribution is -0.118. The normalized spacial score (nSPS) is 19.5. The predicted octanol–water partition coefficient (Wildman–Crippen LogP) is 2.63. The number of carbonyl (C=O) groups is 1. The summed E-state index contributed by atoms with van der Waals surface area (Å²) < 4.78 is 27.2. The van der Waals surface area contributed by atoms with E-state index in [1.807, 2.05) is 0 Å². The van der Waals surface area contributed by atoms with E-state index in [0.29, 0.717) is 24.5 Å². The molecular weight excluding hydrogens is 359 g/mol. The maximum atomic E-state index is 12.8. The van der Waals surface area contributed by atoms with E-state index in [1.54, 1.807) is 16.4 Å². The number of benzene rings is 1. The SMILES string of the molecule is O=C(CCl)NCCC1CCCCN1S(=O)(=O)c1ccc(Cl)cc1. The zero-order chi connectivity index (χ0) is 16.9. The molecule has 128 valence electrons. The van der Waals surface area contributed by atoms with Crippen molar-refractivity contribution in [2.75, 3.05) is 19.0 Å². The van der Waals surface area contributed by atoms with Crippen LogP contribution in [-0.2, 0) is 14.8 Å². The molecule has 2 rings (SSSR count). The maximum absolute atomic E-state index is 12.8. The van der Waals surface area contributed by atoms with Crippen molar-refractivity contribution in [1.82, 2.24) is 9.62 Å². The lowest BCUT2D eigenvalue weighted by atomic mass is 10.0. The largest absolute Gasteiger partial charge is 0.355 e. The molecule has 8 heteroatoms. The highest BCUT2D eigenvalue weighted by atomic mass is 35.5. The fraction of sp³-hybridized carbons (Fsp3) is 0.533. The maximum Gasteiger partial charge on any atom is 0.243 e. The Morgan fingerprint density at radius 2 is 1.96 bits per heavy atom. The first-order valence-corrected chi connectivity index (χ1v) is 9.90. The molecule has 0 aromatic heterocycles. The van der Waals surface area contributed by atoms with E-state index in [9.17, 15) is 13.2 Å². The minimum Gasteiger partial charge on any atom is -0.355 e. The van der Waals surface area contributed by atoms with E-state index >= 15 is 0 Å². The minimum absolute atomic E-state index is 0.0859. The molecule has 1 aromatic carbocycles. The van der Waals surface area contributed by atoms with Gasteiger partial charge in [0.15, 0.2) is 0 Å². The molecule has 0 spiro atoms. The van der Waals surface area contributed by atoms with E-state index in [0.717, 1.165) is 19.3 Å². The van der Waals surface area contributed by atoms with Crippen LogP contribution in [0.5, 0.6) is 0 Å². The molecule has 5 nitrogen and oxygen atoms in total. The summed E-state index contributed by atoms with van der Waals surface area (Å²) in [4.78, 5) is 11.4. The molecule has 0 bridgehead atoms. The first-order chi connectivity index (χ1) is 10.9. The molecule has 1 saturated heterocycles. The van der Waals surface area contributed by atoms with Gasteiger partial charge in [-0.25, -0.2) is 8.42 Å². The average molecular weight is 379 g/mol. The van der Waals surface area contributed by atoms with Crippen LogP contribution >= 0.6 is 23.2 Å². The number of rotatable bonds is 6. The van der Waals surface area contributed by atoms with Crippen LogP contribution in [0, 0.1) is 0 Å². The van der Waals surface area contributed by atoms with Gasteiger partial charge in [0.1, 0.15) is 5.88 Å². The standard InChI is InChI=1S/C15H20Cl2N2O3S/c16-11-15(20)18-9-8-13-3-1-2-10-19(13)23(21,22)14-6-4-12(17)5-7-14/h4-7,13H,1-3,8-11H2,(H,18,20). The summed E-state index contributed by atoms with van der Waals surface area (Å²) in [5, 5.41) is 3.19. The van der Waals surface area contributed by atoms with Gasteiger partial charge < -0.3 is 5.32 Å². The van der Waals surface area contributed by atoms with Gasteiger partial charge in [-0.3, -0.25) is 4.79 Å². The van der Waals surface area contributed by atoms with Crippen LogP contribution in [0.3, 0.4) is 0 Å². The van der Waals surface area contributed by atoms with Crippen LogP contribution in [0.2, 0.25) is 5.02 Å². The number of nitrogens with one attached hydrogen (secondary N) is 1. The third-order valence-corrected chi connectivity index (χ3v) is 6.38. The minimum atomic E-state index is -3.55. The van der Waals surface area contributed by atoms with Crippen molar-refractivity contribution in [1.29, 1.82) is 0 Å². The van der Waals surface area contributed by atoms with Crippen LogP contribution in [0.25, 0.3) is 0 Å². The Bertz CT molecular complexity index is 635. The molecule has 1 unspecified atom stereocenters. The van der Waals surface area contributed by atoms with Crippen LogP contribution in [0.15, 0.2) is 29.2 Å². The Morgan fingerprint density at radius 1 is 1.26 bits per heavy atom. The number of hydrogen-bond acceptors (Lipinski definition) is 3. The lowest BCUT2D eigenvalue weighted by Gasteiger charge is -2.34. The molecule has 1 atom stereocenters. The second-order valence-electron chi connectivity index (χ2n) is 5.49. The Hall–Kier alpha value is -0.820. The Labute approximate surface area is 147 Å². The molecule has 23 heavy (non-hydrogen) atoms. The van der Waals surface area contributed by atoms with Gasteiger partial charge in [-0.05, 0) is 43.5 Å². The highest BCUT2D eigenvalue weighted by Crippen LogP contribution is 2.27. The Morgan fingerprint density at radius 3 is 2.61 bits per heavy atom. The summed E-state index contributed by atoms with van der Waals surface area (Å²) >= 11 is 11.3. The smallest absolute Gasteiger partial charge is 0.243 e. The van der Waals surface area contributed by atoms with Crippen molar-refractivity contribution in [3.63, 3.8) is 0 Å². The number of piperidine rings is 1. The van der Waals surface area contributed by atoms with Gasteiger partial charge in [0.25, 0.3) is 0 Å². The third kappa shape index (κ3) is 4.83. The highest BCUT2D eigenvalue weighted by molar-refractivity contribution is 7.89. The van der Waals surface area contributed by atoms with Gasteiger partial charge in [-0.1, -0.05) is 18.0 Å². The topological polar surface area (TPSA) is 66.5 Å². The van der Waals surface area contributed by atoms with Gasteiger partial charge in [0, 0.05) is 24.2 Å². The van der Waals surface area contributed by atoms with Crippen LogP contribution < -0.4 is 5.32 Å². The number of hydrogen-bond donors (Lipinski definition) is 1. The van der Waals surface area contributed by atoms with E-state index in [-0.39, 0.29) is 22.7 Å². The second-order valence-corrected chi connectivity index (χ2v) is 8.09. The highest BCUT2D eigenvalue weighted by Gasteiger charge is 2.33. The van der Waals surface area contributed by atoms with Gasteiger partial charge in [0.2, 0.25) is 15.9 Å². The van der Waals surface area contributed by atoms with Gasteiger partial charge in [-0.15, -0.1) is 11.6 Å². The summed E-state index contributed by atoms with van der Waals surface area (Å²) in [5.74, 6) is -0.327. The fourth-order valence-electron chi connectivity index (χ4n) is 2.75. The molecule has 0 saturated carbocycles. The van der Waals surface area contributed by atoms with Crippen LogP contribution in [0.1, 0.15) is 25.7 Å². The Kier molecular flexibility index (Phi) is 6.71. The van der Waals surface area contributed by atoms with Gasteiger partial charge >= 0.3 is 0 Å². The van der Waals surface area contributed by atoms with Crippen molar-refractivity contribution < 1.29 is 13.2 Å². The summed E-state index contributed by atoms with van der Waals surface area (Å²) in [5.41, 5.74) is 0. The number of halogens is 2. The first kappa shape index (κ1) is 18.5. The molecule has 1 aliphatic heterocycles. The molecule has 0 aliphatic carbocycles. The molecule has 1 fully saturated rings. The second kappa shape index (κ2) is 8.33. The number of nitrogens with zero attached hydrogens (tertiary/aromatic N) is 1. The fourth-order valence-corrected chi connectivity index (χ4v) is 4.69. The van der Waals surface area contributed by atoms with Crippen molar-refractivity contribution in [3.8, 4) is 0 Å². The van der Waals surface area contributed by atoms with Crippen molar-refractivity contribution in [2.24, 2.45) is 0 Å². The van der Waals surface area contributed by atoms with Gasteiger partial charge in [0.05, 0.1) is 4.90 Å². The van der Waals surface area contributed by atoms with Crippen molar-refractivity contribution >= 4 is 39.1 Å². The molecule has 1 aliphatic rings. The Balaban J connectivity index is 2.10. The number of alkyl halides is 1. The number of amides is 1. The summed E-state index contributed by atoms with van der Waals surface area (Å²) in [6.07, 6.45) is 3.21. The van der Waals surface area contributed by atoms with E-state index in [1.165, 1.54) is 12.1 Å². The average Bonchev–Trinajstić information content (AvgIpc) is 2.55. The number of carbonyl (C=O) groups excluding carboxylic acids is 1. The zero-order valence-electron chi connectivity index (χ0n) is 12.7. The zero-order valence-corrected chi connectivity index (χ0v) is 15.0. The number of sulfonamides is 1. The van der Waals surface area contributed by atoms with E-state index in [2.05, 4.69) is 5.32 Å². The van der Waals surface area contributed by atoms with Crippen LogP contribution in [0.4, 0.5) is 0 Å². The van der Waals surface area contributed by atoms with Gasteiger partial charge in [-0.2, -0.15) is 4.31 Å². The van der Waals surface area contributed by atoms with Crippen molar-refractivity contribution in [2.45, 2.75) is 36.6 Å². The monoisotopic (exact) mass is 378 g/mol. The lowest BCUT2D eigenvalue weighted by Crippen LogP contribution is -2.45. The van der Waals surface area contributed by atoms with Crippen molar-refractivity contribution in [3.05, 3.63) is 29.3 Å². The summed E-state index contributed by atoms with van der Waals surface area (Å²) in [7, 11) is -3.55. The molecule has 0 radical (unpaired) electrons. The summed E-state index contributed by atoms with van der Waals surface area (Å²) in [6.45, 7) is 0.919. The molecular formula is C15H20Cl2N2O3S. The quantitative estimate of drug-likeness (QED) is 0.773. The molecule has 1 amide bonds. The first-order valence-electron chi connectivity index (χ1n) is 7.55. The molecule has 1 aromatic rings.